The van der Waals surface area contributed by atoms with Gasteiger partial charge >= 0.3 is 0 Å². The molecule has 0 aromatic carbocycles. The first-order chi connectivity index (χ1) is 3.79. The highest BCUT2D eigenvalue weighted by molar-refractivity contribution is 5.48. The number of allylic oxidation sites excluding steroid dienone is 1. The van der Waals surface area contributed by atoms with E-state index in [1.165, 1.54) is 25.7 Å². The fourth-order valence-electron chi connectivity index (χ4n) is 2.41. The highest BCUT2D eigenvalue weighted by Gasteiger charge is 2.81. The predicted molar refractivity (Wildman–Crippen MR) is 32.5 cm³/mol. The largest absolute Gasteiger partial charge is 0.0992 e. The first-order valence-corrected chi connectivity index (χ1v) is 3.47. The molecule has 0 saturated heterocycles. The summed E-state index contributed by atoms with van der Waals surface area (Å²) in [4.78, 5) is 0. The van der Waals surface area contributed by atoms with E-state index in [0.717, 1.165) is 10.8 Å². The molecular weight excluding hydrogens is 96.1 g/mol. The van der Waals surface area contributed by atoms with Crippen LogP contribution < -0.4 is 0 Å². The van der Waals surface area contributed by atoms with Crippen molar-refractivity contribution in [3.63, 3.8) is 0 Å². The third-order valence-corrected chi connectivity index (χ3v) is 3.45. The molecule has 0 N–H and O–H groups in total. The molecule has 0 aliphatic heterocycles. The third kappa shape index (κ3) is 0.180. The van der Waals surface area contributed by atoms with Crippen LogP contribution in [-0.4, -0.2) is 0 Å². The molecular formula is C8H10. The predicted octanol–water partition coefficient (Wildman–Crippen LogP) is 2.12. The summed E-state index contributed by atoms with van der Waals surface area (Å²) in [6, 6.07) is 0. The zero-order valence-electron chi connectivity index (χ0n) is 5.04. The Bertz CT molecular complexity index is 186. The van der Waals surface area contributed by atoms with Gasteiger partial charge in [0.2, 0.25) is 0 Å². The van der Waals surface area contributed by atoms with Gasteiger partial charge in [0, 0.05) is 5.41 Å². The highest BCUT2D eigenvalue weighted by atomic mass is 14.8. The minimum Gasteiger partial charge on any atom is -0.0992 e. The Labute approximate surface area is 49.6 Å². The molecule has 0 amide bonds. The van der Waals surface area contributed by atoms with E-state index in [1.54, 1.807) is 5.57 Å². The highest BCUT2D eigenvalue weighted by Crippen LogP contribution is 2.90. The van der Waals surface area contributed by atoms with Crippen LogP contribution in [0, 0.1) is 10.8 Å². The minimum atomic E-state index is 0.771. The van der Waals surface area contributed by atoms with Crippen molar-refractivity contribution in [1.29, 1.82) is 0 Å². The second-order valence-corrected chi connectivity index (χ2v) is 3.82. The molecule has 0 aromatic heterocycles. The van der Waals surface area contributed by atoms with E-state index in [1.807, 2.05) is 0 Å². The van der Waals surface area contributed by atoms with E-state index in [0.29, 0.717) is 0 Å². The van der Waals surface area contributed by atoms with Gasteiger partial charge in [-0.3, -0.25) is 0 Å². The van der Waals surface area contributed by atoms with Crippen LogP contribution in [0.15, 0.2) is 12.2 Å². The Hall–Kier alpha value is -0.260. The summed E-state index contributed by atoms with van der Waals surface area (Å²) in [6.45, 7) is 4.02. The monoisotopic (exact) mass is 106 g/mol. The molecule has 0 bridgehead atoms. The molecule has 1 unspecified atom stereocenters. The molecule has 0 nitrogen and oxygen atoms in total. The Morgan fingerprint density at radius 1 is 1.38 bits per heavy atom. The van der Waals surface area contributed by atoms with Crippen LogP contribution in [0.1, 0.15) is 25.7 Å². The lowest BCUT2D eigenvalue weighted by molar-refractivity contribution is 0.741. The average Bonchev–Trinajstić information content (AvgIpc) is 2.53. The Morgan fingerprint density at radius 2 is 2.00 bits per heavy atom. The second-order valence-electron chi connectivity index (χ2n) is 3.82. The van der Waals surface area contributed by atoms with Crippen molar-refractivity contribution >= 4 is 0 Å². The SMILES string of the molecule is C=C1CC12CC21CC1. The van der Waals surface area contributed by atoms with Crippen molar-refractivity contribution in [2.45, 2.75) is 25.7 Å². The number of fused-ring (bicyclic) bond motifs is 1. The second kappa shape index (κ2) is 0.632. The molecule has 0 heterocycles. The van der Waals surface area contributed by atoms with E-state index < -0.39 is 0 Å². The molecule has 3 aliphatic rings. The average molecular weight is 106 g/mol. The van der Waals surface area contributed by atoms with Gasteiger partial charge in [-0.25, -0.2) is 0 Å². The van der Waals surface area contributed by atoms with E-state index >= 15 is 0 Å². The number of hydrogen-bond acceptors (Lipinski definition) is 0. The lowest BCUT2D eigenvalue weighted by Crippen LogP contribution is -1.72. The van der Waals surface area contributed by atoms with Crippen molar-refractivity contribution in [3.05, 3.63) is 12.2 Å². The van der Waals surface area contributed by atoms with Gasteiger partial charge in [-0.1, -0.05) is 12.2 Å². The van der Waals surface area contributed by atoms with E-state index in [-0.39, 0.29) is 0 Å². The van der Waals surface area contributed by atoms with Crippen LogP contribution in [0.25, 0.3) is 0 Å². The van der Waals surface area contributed by atoms with Crippen LogP contribution in [-0.2, 0) is 0 Å². The quantitative estimate of drug-likeness (QED) is 0.415. The Balaban J connectivity index is 2.07. The maximum atomic E-state index is 4.02. The molecule has 2 spiro atoms. The van der Waals surface area contributed by atoms with Gasteiger partial charge in [-0.2, -0.15) is 0 Å². The Kier molecular flexibility index (Phi) is 0.293. The summed E-state index contributed by atoms with van der Waals surface area (Å²) in [5, 5.41) is 0. The van der Waals surface area contributed by atoms with Crippen LogP contribution in [0.4, 0.5) is 0 Å². The molecule has 0 radical (unpaired) electrons. The van der Waals surface area contributed by atoms with Gasteiger partial charge in [0.25, 0.3) is 0 Å². The molecule has 42 valence electrons. The number of hydrogen-bond donors (Lipinski definition) is 0. The number of rotatable bonds is 0. The Morgan fingerprint density at radius 3 is 2.12 bits per heavy atom. The molecule has 3 rings (SSSR count). The van der Waals surface area contributed by atoms with Gasteiger partial charge in [0.1, 0.15) is 0 Å². The molecule has 0 aromatic rings. The molecule has 3 aliphatic carbocycles. The zero-order valence-corrected chi connectivity index (χ0v) is 5.04. The molecule has 3 saturated carbocycles. The lowest BCUT2D eigenvalue weighted by atomic mass is 10.3. The van der Waals surface area contributed by atoms with Crippen molar-refractivity contribution < 1.29 is 0 Å². The molecule has 8 heavy (non-hydrogen) atoms. The third-order valence-electron chi connectivity index (χ3n) is 3.45. The molecule has 0 heteroatoms. The maximum Gasteiger partial charge on any atom is 0.000904 e. The van der Waals surface area contributed by atoms with Crippen LogP contribution in [0.3, 0.4) is 0 Å². The van der Waals surface area contributed by atoms with E-state index in [9.17, 15) is 0 Å². The zero-order chi connectivity index (χ0) is 5.41. The first-order valence-electron chi connectivity index (χ1n) is 3.47. The van der Waals surface area contributed by atoms with Gasteiger partial charge < -0.3 is 0 Å². The topological polar surface area (TPSA) is 0 Å². The van der Waals surface area contributed by atoms with Crippen molar-refractivity contribution in [2.24, 2.45) is 10.8 Å². The van der Waals surface area contributed by atoms with Gasteiger partial charge in [-0.05, 0) is 31.1 Å². The summed E-state index contributed by atoms with van der Waals surface area (Å²) in [7, 11) is 0. The van der Waals surface area contributed by atoms with Gasteiger partial charge in [-0.15, -0.1) is 0 Å². The van der Waals surface area contributed by atoms with Crippen molar-refractivity contribution in [2.75, 3.05) is 0 Å². The van der Waals surface area contributed by atoms with Crippen LogP contribution >= 0.6 is 0 Å². The summed E-state index contributed by atoms with van der Waals surface area (Å²) in [6.07, 6.45) is 5.93. The summed E-state index contributed by atoms with van der Waals surface area (Å²) >= 11 is 0. The summed E-state index contributed by atoms with van der Waals surface area (Å²) in [5.41, 5.74) is 3.21. The van der Waals surface area contributed by atoms with Crippen LogP contribution in [0.2, 0.25) is 0 Å². The smallest absolute Gasteiger partial charge is 0.000904 e. The summed E-state index contributed by atoms with van der Waals surface area (Å²) in [5.74, 6) is 0. The lowest BCUT2D eigenvalue weighted by Gasteiger charge is -1.77. The normalized spacial score (nSPS) is 52.8. The van der Waals surface area contributed by atoms with E-state index in [2.05, 4.69) is 6.58 Å². The van der Waals surface area contributed by atoms with Gasteiger partial charge in [0.15, 0.2) is 0 Å². The van der Waals surface area contributed by atoms with Crippen molar-refractivity contribution in [1.82, 2.24) is 0 Å². The maximum absolute atomic E-state index is 4.02. The fourth-order valence-corrected chi connectivity index (χ4v) is 2.41. The van der Waals surface area contributed by atoms with Crippen molar-refractivity contribution in [3.8, 4) is 0 Å². The standard InChI is InChI=1S/C8H10/c1-6-4-8(6)5-7(8)2-3-7/h1-5H2. The van der Waals surface area contributed by atoms with Gasteiger partial charge in [0.05, 0.1) is 0 Å². The van der Waals surface area contributed by atoms with E-state index in [4.69, 9.17) is 0 Å². The van der Waals surface area contributed by atoms with Crippen LogP contribution in [0.5, 0.6) is 0 Å². The fraction of sp³-hybridized carbons (Fsp3) is 0.750. The summed E-state index contributed by atoms with van der Waals surface area (Å²) < 4.78 is 0. The first kappa shape index (κ1) is 3.71. The molecule has 3 fully saturated rings. The minimum absolute atomic E-state index is 0.771. The molecule has 1 atom stereocenters.